The van der Waals surface area contributed by atoms with E-state index in [0.29, 0.717) is 11.1 Å². The van der Waals surface area contributed by atoms with Crippen LogP contribution < -0.4 is 15.9 Å². The molecule has 0 radical (unpaired) electrons. The first-order chi connectivity index (χ1) is 21.5. The average Bonchev–Trinajstić information content (AvgIpc) is 3.10. The number of ketones is 2. The van der Waals surface area contributed by atoms with Gasteiger partial charge in [-0.3, -0.25) is 14.4 Å². The van der Waals surface area contributed by atoms with Crippen molar-refractivity contribution in [2.75, 3.05) is 7.11 Å². The van der Waals surface area contributed by atoms with Crippen molar-refractivity contribution in [3.05, 3.63) is 175 Å². The second-order valence-electron chi connectivity index (χ2n) is 10.6. The molecule has 4 nitrogen and oxygen atoms in total. The van der Waals surface area contributed by atoms with Gasteiger partial charge in [-0.2, -0.15) is 0 Å². The van der Waals surface area contributed by atoms with Gasteiger partial charge < -0.3 is 4.74 Å². The Morgan fingerprint density at radius 1 is 0.545 bits per heavy atom. The fraction of sp³-hybridized carbons (Fsp3) is 0.103. The zero-order valence-electron chi connectivity index (χ0n) is 24.6. The lowest BCUT2D eigenvalue weighted by Gasteiger charge is -2.29. The van der Waals surface area contributed by atoms with Crippen molar-refractivity contribution < 1.29 is 19.1 Å². The molecule has 0 saturated heterocycles. The van der Waals surface area contributed by atoms with Gasteiger partial charge >= 0.3 is 5.97 Å². The van der Waals surface area contributed by atoms with Crippen LogP contribution in [0.5, 0.6) is 0 Å². The van der Waals surface area contributed by atoms with Crippen LogP contribution in [0.3, 0.4) is 0 Å². The molecule has 218 valence electrons. The number of methoxy groups -OCH3 is 1. The standard InChI is InChI=1S/C39H34O4P/c1-43-38(42)39(29-36(40)31-17-7-2-8-18-31,30-37(41)32-19-9-3-10-20-32)27-28-44(33-21-11-4-12-22-33,34-23-13-5-14-24-34)35-25-15-6-16-26-35/h2-28H,29-30H2,1H3/q+1/b28-27+. The Kier molecular flexibility index (Phi) is 9.74. The minimum atomic E-state index is -2.54. The molecule has 5 aromatic carbocycles. The van der Waals surface area contributed by atoms with Crippen LogP contribution in [0.2, 0.25) is 0 Å². The Morgan fingerprint density at radius 2 is 0.864 bits per heavy atom. The number of carbonyl (C=O) groups is 3. The van der Waals surface area contributed by atoms with Crippen LogP contribution in [-0.2, 0) is 9.53 Å². The topological polar surface area (TPSA) is 60.4 Å². The summed E-state index contributed by atoms with van der Waals surface area (Å²) in [4.78, 5) is 41.5. The van der Waals surface area contributed by atoms with Gasteiger partial charge in [-0.15, -0.1) is 0 Å². The summed E-state index contributed by atoms with van der Waals surface area (Å²) in [6.07, 6.45) is 1.34. The summed E-state index contributed by atoms with van der Waals surface area (Å²) < 4.78 is 5.39. The molecule has 0 aromatic heterocycles. The molecule has 0 aliphatic rings. The van der Waals surface area contributed by atoms with Crippen LogP contribution in [-0.4, -0.2) is 24.6 Å². The number of benzene rings is 5. The third-order valence-corrected chi connectivity index (χ3v) is 11.8. The summed E-state index contributed by atoms with van der Waals surface area (Å²) in [6.45, 7) is 0. The predicted molar refractivity (Wildman–Crippen MR) is 180 cm³/mol. The van der Waals surface area contributed by atoms with E-state index in [0.717, 1.165) is 15.9 Å². The van der Waals surface area contributed by atoms with E-state index in [1.54, 1.807) is 54.6 Å². The molecule has 0 aliphatic carbocycles. The molecular formula is C39H34O4P+. The van der Waals surface area contributed by atoms with Gasteiger partial charge in [-0.05, 0) is 42.5 Å². The van der Waals surface area contributed by atoms with Crippen LogP contribution in [0.4, 0.5) is 0 Å². The summed E-state index contributed by atoms with van der Waals surface area (Å²) in [7, 11) is -1.24. The van der Waals surface area contributed by atoms with Gasteiger partial charge in [0.05, 0.1) is 12.9 Å². The van der Waals surface area contributed by atoms with Crippen LogP contribution in [0, 0.1) is 5.41 Å². The van der Waals surface area contributed by atoms with Crippen LogP contribution >= 0.6 is 7.26 Å². The normalized spacial score (nSPS) is 11.7. The van der Waals surface area contributed by atoms with E-state index in [-0.39, 0.29) is 24.4 Å². The van der Waals surface area contributed by atoms with Crippen molar-refractivity contribution in [1.29, 1.82) is 0 Å². The molecule has 5 aromatic rings. The van der Waals surface area contributed by atoms with Gasteiger partial charge in [0.2, 0.25) is 0 Å². The van der Waals surface area contributed by atoms with Crippen molar-refractivity contribution in [1.82, 2.24) is 0 Å². The maximum Gasteiger partial charge on any atom is 0.316 e. The highest BCUT2D eigenvalue weighted by Crippen LogP contribution is 2.58. The monoisotopic (exact) mass is 597 g/mol. The molecule has 0 amide bonds. The van der Waals surface area contributed by atoms with E-state index in [9.17, 15) is 14.4 Å². The number of hydrogen-bond acceptors (Lipinski definition) is 4. The van der Waals surface area contributed by atoms with Gasteiger partial charge in [-0.1, -0.05) is 115 Å². The third kappa shape index (κ3) is 6.51. The summed E-state index contributed by atoms with van der Waals surface area (Å²) in [5.41, 5.74) is -0.619. The minimum Gasteiger partial charge on any atom is -0.468 e. The summed E-state index contributed by atoms with van der Waals surface area (Å²) >= 11 is 0. The molecule has 0 fully saturated rings. The molecule has 0 atom stereocenters. The zero-order chi connectivity index (χ0) is 30.8. The molecular weight excluding hydrogens is 563 g/mol. The number of esters is 1. The van der Waals surface area contributed by atoms with Gasteiger partial charge in [-0.25, -0.2) is 0 Å². The van der Waals surface area contributed by atoms with Crippen molar-refractivity contribution in [3.8, 4) is 0 Å². The molecule has 0 spiro atoms. The average molecular weight is 598 g/mol. The van der Waals surface area contributed by atoms with E-state index in [1.807, 2.05) is 66.7 Å². The van der Waals surface area contributed by atoms with E-state index in [4.69, 9.17) is 4.74 Å². The summed E-state index contributed by atoms with van der Waals surface area (Å²) in [5, 5.41) is 3.24. The van der Waals surface area contributed by atoms with Crippen LogP contribution in [0.1, 0.15) is 33.6 Å². The Bertz CT molecular complexity index is 1570. The predicted octanol–water partition coefficient (Wildman–Crippen LogP) is 7.20. The fourth-order valence-electron chi connectivity index (χ4n) is 5.57. The zero-order valence-corrected chi connectivity index (χ0v) is 25.5. The molecule has 0 aliphatic heterocycles. The molecule has 0 N–H and O–H groups in total. The highest BCUT2D eigenvalue weighted by atomic mass is 31.2. The smallest absolute Gasteiger partial charge is 0.316 e. The van der Waals surface area contributed by atoms with Crippen LogP contribution in [0.25, 0.3) is 0 Å². The maximum absolute atomic E-state index is 13.9. The second kappa shape index (κ2) is 14.0. The Balaban J connectivity index is 1.75. The Labute approximate surface area is 259 Å². The first-order valence-corrected chi connectivity index (χ1v) is 16.4. The highest BCUT2D eigenvalue weighted by molar-refractivity contribution is 7.98. The van der Waals surface area contributed by atoms with Gasteiger partial charge in [0.25, 0.3) is 0 Å². The maximum atomic E-state index is 13.9. The first kappa shape index (κ1) is 30.5. The van der Waals surface area contributed by atoms with E-state index in [2.05, 4.69) is 42.2 Å². The summed E-state index contributed by atoms with van der Waals surface area (Å²) in [6, 6.07) is 48.3. The van der Waals surface area contributed by atoms with E-state index >= 15 is 0 Å². The SMILES string of the molecule is COC(=O)C(/C=C/[P+](c1ccccc1)(c1ccccc1)c1ccccc1)(CC(=O)c1ccccc1)CC(=O)c1ccccc1. The lowest BCUT2D eigenvalue weighted by atomic mass is 9.76. The number of hydrogen-bond donors (Lipinski definition) is 0. The van der Waals surface area contributed by atoms with Crippen molar-refractivity contribution in [2.45, 2.75) is 12.8 Å². The molecule has 44 heavy (non-hydrogen) atoms. The first-order valence-electron chi connectivity index (χ1n) is 14.5. The van der Waals surface area contributed by atoms with Crippen LogP contribution in [0.15, 0.2) is 164 Å². The lowest BCUT2D eigenvalue weighted by molar-refractivity contribution is -0.149. The fourth-order valence-corrected chi connectivity index (χ4v) is 9.42. The number of Topliss-reactive ketones (excluding diaryl/α,β-unsaturated/α-hetero) is 2. The van der Waals surface area contributed by atoms with Gasteiger partial charge in [0.1, 0.15) is 28.6 Å². The number of ether oxygens (including phenoxy) is 1. The highest BCUT2D eigenvalue weighted by Gasteiger charge is 2.47. The van der Waals surface area contributed by atoms with Crippen molar-refractivity contribution in [3.63, 3.8) is 0 Å². The van der Waals surface area contributed by atoms with Gasteiger partial charge in [0.15, 0.2) is 11.6 Å². The van der Waals surface area contributed by atoms with E-state index in [1.165, 1.54) is 7.11 Å². The summed E-state index contributed by atoms with van der Waals surface area (Å²) in [5.74, 6) is 0.962. The Morgan fingerprint density at radius 3 is 1.18 bits per heavy atom. The molecule has 5 rings (SSSR count). The Hall–Kier alpha value is -4.92. The third-order valence-electron chi connectivity index (χ3n) is 7.84. The quantitative estimate of drug-likeness (QED) is 0.0867. The molecule has 0 saturated carbocycles. The lowest BCUT2D eigenvalue weighted by Crippen LogP contribution is -2.36. The van der Waals surface area contributed by atoms with Crippen molar-refractivity contribution in [2.24, 2.45) is 5.41 Å². The van der Waals surface area contributed by atoms with Gasteiger partial charge in [0, 0.05) is 24.0 Å². The number of rotatable bonds is 12. The number of carbonyl (C=O) groups excluding carboxylic acids is 3. The second-order valence-corrected chi connectivity index (χ2v) is 13.9. The van der Waals surface area contributed by atoms with Crippen molar-refractivity contribution >= 4 is 40.7 Å². The molecule has 0 unspecified atom stereocenters. The molecule has 0 bridgehead atoms. The largest absolute Gasteiger partial charge is 0.468 e. The minimum absolute atomic E-state index is 0.225. The van der Waals surface area contributed by atoms with E-state index < -0.39 is 18.6 Å². The molecule has 5 heteroatoms. The molecule has 0 heterocycles.